The van der Waals surface area contributed by atoms with Crippen molar-refractivity contribution in [2.75, 3.05) is 0 Å². The molecule has 0 amide bonds. The van der Waals surface area contributed by atoms with Gasteiger partial charge in [-0.25, -0.2) is 0 Å². The van der Waals surface area contributed by atoms with Gasteiger partial charge in [0.25, 0.3) is 0 Å². The van der Waals surface area contributed by atoms with Gasteiger partial charge in [0, 0.05) is 15.4 Å². The Labute approximate surface area is 84.6 Å². The van der Waals surface area contributed by atoms with Crippen molar-refractivity contribution in [2.45, 2.75) is 12.3 Å². The van der Waals surface area contributed by atoms with Crippen LogP contribution < -0.4 is 0 Å². The van der Waals surface area contributed by atoms with Gasteiger partial charge >= 0.3 is 0 Å². The third-order valence-electron chi connectivity index (χ3n) is 1.52. The van der Waals surface area contributed by atoms with Gasteiger partial charge in [-0.2, -0.15) is 0 Å². The molecule has 0 aliphatic carbocycles. The first kappa shape index (κ1) is 9.37. The highest BCUT2D eigenvalue weighted by molar-refractivity contribution is 9.08. The van der Waals surface area contributed by atoms with E-state index < -0.39 is 0 Å². The van der Waals surface area contributed by atoms with Crippen molar-refractivity contribution < 1.29 is 0 Å². The smallest absolute Gasteiger partial charge is 0.0463 e. The summed E-state index contributed by atoms with van der Waals surface area (Å²) in [6.07, 6.45) is 0. The van der Waals surface area contributed by atoms with Gasteiger partial charge in [0.05, 0.1) is 0 Å². The Hall–Kier alpha value is 0.280. The molecule has 1 rings (SSSR count). The molecule has 0 aliphatic heterocycles. The summed E-state index contributed by atoms with van der Waals surface area (Å²) in [4.78, 5) is 0. The number of halogens is 3. The molecule has 0 radical (unpaired) electrons. The van der Waals surface area contributed by atoms with Crippen LogP contribution >= 0.6 is 39.1 Å². The van der Waals surface area contributed by atoms with Crippen LogP contribution in [0.1, 0.15) is 11.1 Å². The summed E-state index contributed by atoms with van der Waals surface area (Å²) >= 11 is 15.1. The van der Waals surface area contributed by atoms with Crippen molar-refractivity contribution in [2.24, 2.45) is 0 Å². The van der Waals surface area contributed by atoms with Gasteiger partial charge in [-0.3, -0.25) is 0 Å². The van der Waals surface area contributed by atoms with Crippen LogP contribution in [-0.2, 0) is 5.33 Å². The van der Waals surface area contributed by atoms with E-state index >= 15 is 0 Å². The van der Waals surface area contributed by atoms with Crippen LogP contribution in [0.5, 0.6) is 0 Å². The first-order valence-corrected chi connectivity index (χ1v) is 5.03. The molecule has 11 heavy (non-hydrogen) atoms. The van der Waals surface area contributed by atoms with Crippen molar-refractivity contribution in [3.63, 3.8) is 0 Å². The molecule has 0 fully saturated rings. The molecule has 0 atom stereocenters. The average molecular weight is 254 g/mol. The molecule has 0 aromatic heterocycles. The minimum atomic E-state index is 0.692. The third kappa shape index (κ3) is 2.11. The summed E-state index contributed by atoms with van der Waals surface area (Å²) in [6.45, 7) is 1.99. The Balaban J connectivity index is 3.25. The first-order valence-electron chi connectivity index (χ1n) is 3.15. The van der Waals surface area contributed by atoms with Crippen molar-refractivity contribution in [3.05, 3.63) is 33.3 Å². The number of hydrogen-bond acceptors (Lipinski definition) is 0. The standard InChI is InChI=1S/C8H7BrCl2/c1-5-2-6(10)3-8(11)7(5)4-9/h2-3H,4H2,1H3. The highest BCUT2D eigenvalue weighted by Crippen LogP contribution is 2.26. The lowest BCUT2D eigenvalue weighted by Crippen LogP contribution is -1.85. The van der Waals surface area contributed by atoms with Crippen molar-refractivity contribution >= 4 is 39.1 Å². The molecule has 0 bridgehead atoms. The van der Waals surface area contributed by atoms with E-state index in [2.05, 4.69) is 15.9 Å². The molecule has 1 aromatic rings. The fraction of sp³-hybridized carbons (Fsp3) is 0.250. The second-order valence-corrected chi connectivity index (χ2v) is 3.72. The molecule has 0 saturated carbocycles. The third-order valence-corrected chi connectivity index (χ3v) is 2.63. The SMILES string of the molecule is Cc1cc(Cl)cc(Cl)c1CBr. The summed E-state index contributed by atoms with van der Waals surface area (Å²) in [5.41, 5.74) is 2.23. The van der Waals surface area contributed by atoms with Crippen LogP contribution in [0.3, 0.4) is 0 Å². The fourth-order valence-electron chi connectivity index (χ4n) is 0.901. The largest absolute Gasteiger partial charge is 0.0876 e. The molecule has 0 N–H and O–H groups in total. The molecular weight excluding hydrogens is 247 g/mol. The zero-order chi connectivity index (χ0) is 8.43. The number of alkyl halides is 1. The number of benzene rings is 1. The Morgan fingerprint density at radius 3 is 2.45 bits per heavy atom. The normalized spacial score (nSPS) is 10.2. The maximum absolute atomic E-state index is 5.92. The number of rotatable bonds is 1. The number of hydrogen-bond donors (Lipinski definition) is 0. The van der Waals surface area contributed by atoms with Crippen molar-refractivity contribution in [1.29, 1.82) is 0 Å². The van der Waals surface area contributed by atoms with Crippen LogP contribution in [0, 0.1) is 6.92 Å². The van der Waals surface area contributed by atoms with Crippen molar-refractivity contribution in [3.8, 4) is 0 Å². The zero-order valence-electron chi connectivity index (χ0n) is 6.00. The molecule has 3 heteroatoms. The quantitative estimate of drug-likeness (QED) is 0.659. The Kier molecular flexibility index (Phi) is 3.23. The maximum Gasteiger partial charge on any atom is 0.0463 e. The number of aryl methyl sites for hydroxylation is 1. The Morgan fingerprint density at radius 1 is 1.36 bits per heavy atom. The predicted octanol–water partition coefficient (Wildman–Crippen LogP) is 4.20. The molecule has 0 spiro atoms. The fourth-order valence-corrected chi connectivity index (χ4v) is 2.47. The lowest BCUT2D eigenvalue weighted by atomic mass is 10.1. The average Bonchev–Trinajstić information content (AvgIpc) is 1.85. The van der Waals surface area contributed by atoms with E-state index in [0.29, 0.717) is 5.02 Å². The van der Waals surface area contributed by atoms with Gasteiger partial charge in [0.15, 0.2) is 0 Å². The lowest BCUT2D eigenvalue weighted by molar-refractivity contribution is 1.32. The topological polar surface area (TPSA) is 0 Å². The molecule has 0 saturated heterocycles. The monoisotopic (exact) mass is 252 g/mol. The van der Waals surface area contributed by atoms with Crippen LogP contribution in [-0.4, -0.2) is 0 Å². The van der Waals surface area contributed by atoms with Gasteiger partial charge in [-0.15, -0.1) is 0 Å². The minimum Gasteiger partial charge on any atom is -0.0876 e. The van der Waals surface area contributed by atoms with Crippen LogP contribution in [0.4, 0.5) is 0 Å². The molecule has 0 aliphatic rings. The summed E-state index contributed by atoms with van der Waals surface area (Å²) in [5.74, 6) is 0. The van der Waals surface area contributed by atoms with Gasteiger partial charge in [0.1, 0.15) is 0 Å². The van der Waals surface area contributed by atoms with Crippen molar-refractivity contribution in [1.82, 2.24) is 0 Å². The predicted molar refractivity (Wildman–Crippen MR) is 53.8 cm³/mol. The molecule has 60 valence electrons. The molecule has 0 unspecified atom stereocenters. The highest BCUT2D eigenvalue weighted by Gasteiger charge is 2.03. The van der Waals surface area contributed by atoms with E-state index in [1.807, 2.05) is 13.0 Å². The summed E-state index contributed by atoms with van der Waals surface area (Å²) in [7, 11) is 0. The second-order valence-electron chi connectivity index (χ2n) is 2.32. The van der Waals surface area contributed by atoms with E-state index in [0.717, 1.165) is 21.5 Å². The van der Waals surface area contributed by atoms with Gasteiger partial charge in [0.2, 0.25) is 0 Å². The summed E-state index contributed by atoms with van der Waals surface area (Å²) in [5, 5.41) is 2.19. The summed E-state index contributed by atoms with van der Waals surface area (Å²) < 4.78 is 0. The van der Waals surface area contributed by atoms with Crippen LogP contribution in [0.2, 0.25) is 10.0 Å². The zero-order valence-corrected chi connectivity index (χ0v) is 9.09. The van der Waals surface area contributed by atoms with Crippen LogP contribution in [0.15, 0.2) is 12.1 Å². The van der Waals surface area contributed by atoms with E-state index in [1.165, 1.54) is 0 Å². The minimum absolute atomic E-state index is 0.692. The van der Waals surface area contributed by atoms with Gasteiger partial charge in [-0.1, -0.05) is 39.1 Å². The first-order chi connectivity index (χ1) is 5.15. The lowest BCUT2D eigenvalue weighted by Gasteiger charge is -2.04. The molecule has 1 aromatic carbocycles. The van der Waals surface area contributed by atoms with E-state index in [9.17, 15) is 0 Å². The Bertz CT molecular complexity index is 248. The highest BCUT2D eigenvalue weighted by atomic mass is 79.9. The maximum atomic E-state index is 5.92. The van der Waals surface area contributed by atoms with Gasteiger partial charge < -0.3 is 0 Å². The second kappa shape index (κ2) is 3.79. The van der Waals surface area contributed by atoms with Gasteiger partial charge in [-0.05, 0) is 30.2 Å². The Morgan fingerprint density at radius 2 is 2.00 bits per heavy atom. The van der Waals surface area contributed by atoms with E-state index in [4.69, 9.17) is 23.2 Å². The van der Waals surface area contributed by atoms with Crippen LogP contribution in [0.25, 0.3) is 0 Å². The van der Waals surface area contributed by atoms with E-state index in [1.54, 1.807) is 6.07 Å². The van der Waals surface area contributed by atoms with E-state index in [-0.39, 0.29) is 0 Å². The summed E-state index contributed by atoms with van der Waals surface area (Å²) in [6, 6.07) is 3.66. The molecule has 0 heterocycles. The molecular formula is C8H7BrCl2. The molecule has 0 nitrogen and oxygen atoms in total.